The van der Waals surface area contributed by atoms with Gasteiger partial charge in [-0.25, -0.2) is 9.97 Å². The Balaban J connectivity index is 1.39. The minimum Gasteiger partial charge on any atom is -0.477 e. The molecule has 1 fully saturated rings. The van der Waals surface area contributed by atoms with E-state index < -0.39 is 0 Å². The lowest BCUT2D eigenvalue weighted by atomic mass is 9.97. The molecule has 7 nitrogen and oxygen atoms in total. The van der Waals surface area contributed by atoms with E-state index in [1.54, 1.807) is 12.4 Å². The normalized spacial score (nSPS) is 15.2. The highest BCUT2D eigenvalue weighted by Crippen LogP contribution is 2.30. The van der Waals surface area contributed by atoms with Crippen molar-refractivity contribution in [3.05, 3.63) is 48.5 Å². The van der Waals surface area contributed by atoms with Gasteiger partial charge in [-0.05, 0) is 43.9 Å². The van der Waals surface area contributed by atoms with Crippen molar-refractivity contribution in [3.8, 4) is 17.3 Å². The molecule has 0 radical (unpaired) electrons. The van der Waals surface area contributed by atoms with Gasteiger partial charge in [0, 0.05) is 31.5 Å². The van der Waals surface area contributed by atoms with E-state index >= 15 is 0 Å². The summed E-state index contributed by atoms with van der Waals surface area (Å²) < 4.78 is 11.1. The molecule has 7 heteroatoms. The Bertz CT molecular complexity index is 844. The summed E-state index contributed by atoms with van der Waals surface area (Å²) in [4.78, 5) is 15.4. The molecule has 4 heterocycles. The average Bonchev–Trinajstić information content (AvgIpc) is 3.14. The Kier molecular flexibility index (Phi) is 4.77. The highest BCUT2D eigenvalue weighted by Gasteiger charge is 2.24. The van der Waals surface area contributed by atoms with Gasteiger partial charge in [-0.2, -0.15) is 4.98 Å². The second kappa shape index (κ2) is 7.51. The van der Waals surface area contributed by atoms with Gasteiger partial charge in [0.15, 0.2) is 5.82 Å². The van der Waals surface area contributed by atoms with Gasteiger partial charge in [-0.1, -0.05) is 11.2 Å². The van der Waals surface area contributed by atoms with Crippen LogP contribution in [0.2, 0.25) is 0 Å². The molecule has 0 aliphatic carbocycles. The molecule has 0 saturated carbocycles. The lowest BCUT2D eigenvalue weighted by Gasteiger charge is -2.33. The first-order valence-electron chi connectivity index (χ1n) is 8.84. The van der Waals surface area contributed by atoms with Crippen molar-refractivity contribution in [1.29, 1.82) is 0 Å². The number of pyridine rings is 2. The van der Waals surface area contributed by atoms with E-state index in [4.69, 9.17) is 9.26 Å². The summed E-state index contributed by atoms with van der Waals surface area (Å²) in [5.41, 5.74) is 0.885. The quantitative estimate of drug-likeness (QED) is 0.699. The van der Waals surface area contributed by atoms with E-state index in [-0.39, 0.29) is 0 Å². The van der Waals surface area contributed by atoms with Crippen LogP contribution in [0.25, 0.3) is 11.5 Å². The van der Waals surface area contributed by atoms with Gasteiger partial charge in [0.25, 0.3) is 5.89 Å². The lowest BCUT2D eigenvalue weighted by molar-refractivity contribution is 0.216. The first-order valence-corrected chi connectivity index (χ1v) is 8.84. The predicted molar refractivity (Wildman–Crippen MR) is 96.9 cm³/mol. The van der Waals surface area contributed by atoms with E-state index in [0.717, 1.165) is 37.3 Å². The van der Waals surface area contributed by atoms with E-state index in [1.807, 2.05) is 37.3 Å². The molecule has 0 aromatic carbocycles. The zero-order chi connectivity index (χ0) is 17.8. The topological polar surface area (TPSA) is 77.2 Å². The molecule has 3 aromatic heterocycles. The van der Waals surface area contributed by atoms with Crippen LogP contribution in [0.15, 0.2) is 47.2 Å². The molecule has 0 bridgehead atoms. The van der Waals surface area contributed by atoms with Gasteiger partial charge in [-0.15, -0.1) is 0 Å². The van der Waals surface area contributed by atoms with Crippen LogP contribution in [-0.2, 0) is 0 Å². The summed E-state index contributed by atoms with van der Waals surface area (Å²) in [5.74, 6) is 3.26. The van der Waals surface area contributed by atoms with Crippen molar-refractivity contribution in [2.75, 3.05) is 24.6 Å². The van der Waals surface area contributed by atoms with Crippen molar-refractivity contribution < 1.29 is 9.26 Å². The highest BCUT2D eigenvalue weighted by atomic mass is 16.5. The maximum absolute atomic E-state index is 5.80. The van der Waals surface area contributed by atoms with E-state index in [1.165, 1.54) is 0 Å². The van der Waals surface area contributed by atoms with E-state index in [9.17, 15) is 0 Å². The second-order valence-corrected chi connectivity index (χ2v) is 6.43. The highest BCUT2D eigenvalue weighted by molar-refractivity contribution is 5.69. The van der Waals surface area contributed by atoms with Crippen LogP contribution >= 0.6 is 0 Å². The first kappa shape index (κ1) is 16.5. The summed E-state index contributed by atoms with van der Waals surface area (Å²) in [6.45, 7) is 4.36. The number of rotatable bonds is 5. The van der Waals surface area contributed by atoms with Crippen molar-refractivity contribution in [3.63, 3.8) is 0 Å². The largest absolute Gasteiger partial charge is 0.477 e. The molecule has 0 atom stereocenters. The van der Waals surface area contributed by atoms with E-state index in [0.29, 0.717) is 30.1 Å². The summed E-state index contributed by atoms with van der Waals surface area (Å²) >= 11 is 0. The third-order valence-corrected chi connectivity index (χ3v) is 4.56. The van der Waals surface area contributed by atoms with Crippen LogP contribution in [0.3, 0.4) is 0 Å². The Morgan fingerprint density at radius 2 is 1.96 bits per heavy atom. The monoisotopic (exact) mass is 351 g/mol. The molecular formula is C19H21N5O2. The average molecular weight is 351 g/mol. The van der Waals surface area contributed by atoms with Crippen molar-refractivity contribution in [2.24, 2.45) is 5.92 Å². The third-order valence-electron chi connectivity index (χ3n) is 4.56. The molecular weight excluding hydrogens is 330 g/mol. The molecule has 1 aliphatic rings. The van der Waals surface area contributed by atoms with Crippen molar-refractivity contribution in [1.82, 2.24) is 20.1 Å². The summed E-state index contributed by atoms with van der Waals surface area (Å²) in [7, 11) is 0. The maximum Gasteiger partial charge on any atom is 0.261 e. The Morgan fingerprint density at radius 3 is 2.69 bits per heavy atom. The maximum atomic E-state index is 5.80. The predicted octanol–water partition coefficient (Wildman–Crippen LogP) is 3.13. The zero-order valence-electron chi connectivity index (χ0n) is 14.7. The van der Waals surface area contributed by atoms with Crippen molar-refractivity contribution in [2.45, 2.75) is 19.8 Å². The first-order chi connectivity index (χ1) is 12.8. The molecule has 26 heavy (non-hydrogen) atoms. The Labute approximate surface area is 152 Å². The number of hydrogen-bond acceptors (Lipinski definition) is 7. The van der Waals surface area contributed by atoms with Gasteiger partial charge in [0.05, 0.1) is 12.2 Å². The molecule has 1 aliphatic heterocycles. The van der Waals surface area contributed by atoms with Gasteiger partial charge in [0.1, 0.15) is 5.82 Å². The standard InChI is InChI=1S/C19H21N5O2/c1-14-22-19(26-23-14)16-5-4-10-21-18(16)24-11-7-15(8-12-24)13-25-17-6-2-3-9-20-17/h2-6,9-10,15H,7-8,11-13H2,1H3. The summed E-state index contributed by atoms with van der Waals surface area (Å²) in [6, 6.07) is 9.59. The summed E-state index contributed by atoms with van der Waals surface area (Å²) in [6.07, 6.45) is 5.65. The zero-order valence-corrected chi connectivity index (χ0v) is 14.7. The number of piperidine rings is 1. The minimum atomic E-state index is 0.520. The molecule has 134 valence electrons. The third kappa shape index (κ3) is 3.66. The van der Waals surface area contributed by atoms with E-state index in [2.05, 4.69) is 25.0 Å². The SMILES string of the molecule is Cc1noc(-c2cccnc2N2CCC(COc3ccccn3)CC2)n1. The summed E-state index contributed by atoms with van der Waals surface area (Å²) in [5, 5.41) is 3.89. The number of aromatic nitrogens is 4. The number of anilines is 1. The lowest BCUT2D eigenvalue weighted by Crippen LogP contribution is -2.36. The van der Waals surface area contributed by atoms with Crippen LogP contribution in [0.4, 0.5) is 5.82 Å². The van der Waals surface area contributed by atoms with Crippen LogP contribution in [0, 0.1) is 12.8 Å². The molecule has 0 spiro atoms. The van der Waals surface area contributed by atoms with Crippen LogP contribution in [0.1, 0.15) is 18.7 Å². The Morgan fingerprint density at radius 1 is 1.12 bits per heavy atom. The van der Waals surface area contributed by atoms with Gasteiger partial charge < -0.3 is 14.2 Å². The fourth-order valence-corrected chi connectivity index (χ4v) is 3.17. The molecule has 1 saturated heterocycles. The number of ether oxygens (including phenoxy) is 1. The molecule has 3 aromatic rings. The molecule has 4 rings (SSSR count). The Hall–Kier alpha value is -2.96. The fraction of sp³-hybridized carbons (Fsp3) is 0.368. The second-order valence-electron chi connectivity index (χ2n) is 6.43. The number of aryl methyl sites for hydroxylation is 1. The van der Waals surface area contributed by atoms with Crippen LogP contribution in [-0.4, -0.2) is 39.8 Å². The minimum absolute atomic E-state index is 0.520. The van der Waals surface area contributed by atoms with Crippen LogP contribution in [0.5, 0.6) is 5.88 Å². The molecule has 0 unspecified atom stereocenters. The fourth-order valence-electron chi connectivity index (χ4n) is 3.17. The van der Waals surface area contributed by atoms with Gasteiger partial charge >= 0.3 is 0 Å². The van der Waals surface area contributed by atoms with Gasteiger partial charge in [0.2, 0.25) is 5.88 Å². The van der Waals surface area contributed by atoms with Crippen molar-refractivity contribution >= 4 is 5.82 Å². The number of nitrogens with zero attached hydrogens (tertiary/aromatic N) is 5. The number of hydrogen-bond donors (Lipinski definition) is 0. The molecule has 0 amide bonds. The van der Waals surface area contributed by atoms with Gasteiger partial charge in [-0.3, -0.25) is 0 Å². The van der Waals surface area contributed by atoms with Crippen LogP contribution < -0.4 is 9.64 Å². The smallest absolute Gasteiger partial charge is 0.261 e. The molecule has 0 N–H and O–H groups in total.